The lowest BCUT2D eigenvalue weighted by Crippen LogP contribution is -2.34. The minimum Gasteiger partial charge on any atom is -0.480 e. The number of carbonyl (C=O) groups is 3. The molecule has 0 saturated heterocycles. The van der Waals surface area contributed by atoms with Crippen LogP contribution in [0.3, 0.4) is 0 Å². The zero-order valence-electron chi connectivity index (χ0n) is 39.7. The number of furan rings is 2. The van der Waals surface area contributed by atoms with Gasteiger partial charge in [0, 0.05) is 38.5 Å². The van der Waals surface area contributed by atoms with Gasteiger partial charge >= 0.3 is 25.7 Å². The molecule has 63 heavy (non-hydrogen) atoms. The molecule has 2 heterocycles. The number of rotatable bonds is 40. The van der Waals surface area contributed by atoms with Gasteiger partial charge in [0.25, 0.3) is 0 Å². The third-order valence-corrected chi connectivity index (χ3v) is 12.6. The smallest absolute Gasteiger partial charge is 0.472 e. The number of carboxylic acids is 1. The van der Waals surface area contributed by atoms with Crippen LogP contribution in [0.2, 0.25) is 0 Å². The van der Waals surface area contributed by atoms with Crippen molar-refractivity contribution in [3.05, 3.63) is 45.8 Å². The number of esters is 2. The summed E-state index contributed by atoms with van der Waals surface area (Å²) in [7, 11) is -4.74. The third kappa shape index (κ3) is 25.9. The normalized spacial score (nSPS) is 13.5. The summed E-state index contributed by atoms with van der Waals surface area (Å²) >= 11 is 0. The Hall–Kier alpha value is -2.96. The molecule has 2 rings (SSSR count). The first-order chi connectivity index (χ1) is 30.3. The molecule has 2 aromatic rings. The van der Waals surface area contributed by atoms with Gasteiger partial charge in [0.2, 0.25) is 0 Å². The Bertz CT molecular complexity index is 1600. The quantitative estimate of drug-likeness (QED) is 0.0324. The van der Waals surface area contributed by atoms with Gasteiger partial charge in [-0.3, -0.25) is 23.4 Å². The highest BCUT2D eigenvalue weighted by atomic mass is 31.2. The van der Waals surface area contributed by atoms with Gasteiger partial charge in [0.1, 0.15) is 35.7 Å². The van der Waals surface area contributed by atoms with E-state index in [1.54, 1.807) is 0 Å². The van der Waals surface area contributed by atoms with Crippen LogP contribution in [0.15, 0.2) is 14.9 Å². The first kappa shape index (κ1) is 56.2. The van der Waals surface area contributed by atoms with Gasteiger partial charge in [0.05, 0.1) is 13.2 Å². The Labute approximate surface area is 378 Å². The lowest BCUT2D eigenvalue weighted by molar-refractivity contribution is -0.161. The van der Waals surface area contributed by atoms with E-state index in [2.05, 4.69) is 45.2 Å². The maximum absolute atomic E-state index is 12.7. The molecule has 0 bridgehead atoms. The summed E-state index contributed by atoms with van der Waals surface area (Å²) in [5.74, 6) is 2.12. The van der Waals surface area contributed by atoms with E-state index in [0.29, 0.717) is 12.8 Å². The summed E-state index contributed by atoms with van der Waals surface area (Å²) in [6, 6.07) is 0.680. The highest BCUT2D eigenvalue weighted by molar-refractivity contribution is 7.47. The third-order valence-electron chi connectivity index (χ3n) is 11.7. The average molecular weight is 910 g/mol. The molecule has 0 saturated carbocycles. The van der Waals surface area contributed by atoms with E-state index in [1.807, 2.05) is 0 Å². The van der Waals surface area contributed by atoms with Crippen molar-refractivity contribution in [2.45, 2.75) is 227 Å². The molecule has 0 aliphatic carbocycles. The number of carbonyl (C=O) groups excluding carboxylic acids is 2. The molecule has 14 heteroatoms. The van der Waals surface area contributed by atoms with Crippen molar-refractivity contribution in [3.8, 4) is 0 Å². The van der Waals surface area contributed by atoms with Crippen molar-refractivity contribution in [2.75, 3.05) is 19.8 Å². The molecule has 0 spiro atoms. The highest BCUT2D eigenvalue weighted by Gasteiger charge is 2.28. The number of hydrogen-bond donors (Lipinski definition) is 3. The van der Waals surface area contributed by atoms with E-state index in [0.717, 1.165) is 126 Å². The van der Waals surface area contributed by atoms with Crippen molar-refractivity contribution in [2.24, 2.45) is 5.73 Å². The number of aryl methyl sites for hydroxylation is 5. The lowest BCUT2D eigenvalue weighted by atomic mass is 10.0. The largest absolute Gasteiger partial charge is 0.480 e. The maximum atomic E-state index is 12.7. The van der Waals surface area contributed by atoms with E-state index < -0.39 is 51.1 Å². The molecule has 0 aliphatic heterocycles. The van der Waals surface area contributed by atoms with Crippen molar-refractivity contribution in [1.82, 2.24) is 0 Å². The summed E-state index contributed by atoms with van der Waals surface area (Å²) in [4.78, 5) is 46.3. The van der Waals surface area contributed by atoms with Gasteiger partial charge in [-0.15, -0.1) is 0 Å². The van der Waals surface area contributed by atoms with E-state index in [1.165, 1.54) is 68.1 Å². The van der Waals surface area contributed by atoms with Crippen LogP contribution < -0.4 is 5.73 Å². The topological polar surface area (TPSA) is 198 Å². The standard InChI is InChI=1S/C49H84NO12P/c1-6-8-23-29-41-34-38(3)44(60-41)30-24-19-15-11-9-10-12-17-21-26-32-47(51)57-35-42(36-58-63(55,56)59-37-43(50)49(53)54)61-48(52)33-27-22-18-14-13-16-20-25-31-46-40(5)39(4)45(62-46)28-7-2/h34,42-43H,6-33,35-37,50H2,1-5H3,(H,53,54)(H,55,56). The molecular formula is C49H84NO12P. The first-order valence-corrected chi connectivity index (χ1v) is 25.9. The summed E-state index contributed by atoms with van der Waals surface area (Å²) in [6.45, 7) is 9.12. The molecular weight excluding hydrogens is 826 g/mol. The minimum atomic E-state index is -4.74. The molecule has 362 valence electrons. The van der Waals surface area contributed by atoms with Crippen molar-refractivity contribution in [3.63, 3.8) is 0 Å². The molecule has 0 aliphatic rings. The number of aliphatic carboxylic acids is 1. The molecule has 4 N–H and O–H groups in total. The minimum absolute atomic E-state index is 0.138. The molecule has 2 aromatic heterocycles. The van der Waals surface area contributed by atoms with E-state index >= 15 is 0 Å². The van der Waals surface area contributed by atoms with Gasteiger partial charge in [-0.25, -0.2) is 4.57 Å². The van der Waals surface area contributed by atoms with E-state index in [4.69, 9.17) is 33.7 Å². The van der Waals surface area contributed by atoms with E-state index in [9.17, 15) is 23.8 Å². The number of phosphoric acid groups is 1. The molecule has 0 radical (unpaired) electrons. The molecule has 0 fully saturated rings. The predicted octanol–water partition coefficient (Wildman–Crippen LogP) is 12.1. The van der Waals surface area contributed by atoms with Crippen LogP contribution in [0, 0.1) is 20.8 Å². The number of phosphoric ester groups is 1. The van der Waals surface area contributed by atoms with Crippen LogP contribution in [-0.4, -0.2) is 59.9 Å². The molecule has 3 unspecified atom stereocenters. The van der Waals surface area contributed by atoms with Crippen molar-refractivity contribution >= 4 is 25.7 Å². The van der Waals surface area contributed by atoms with Gasteiger partial charge in [-0.1, -0.05) is 117 Å². The predicted molar refractivity (Wildman–Crippen MR) is 247 cm³/mol. The zero-order valence-corrected chi connectivity index (χ0v) is 40.5. The van der Waals surface area contributed by atoms with E-state index in [-0.39, 0.29) is 19.4 Å². The highest BCUT2D eigenvalue weighted by Crippen LogP contribution is 2.43. The second kappa shape index (κ2) is 33.5. The van der Waals surface area contributed by atoms with Crippen molar-refractivity contribution < 1.29 is 56.3 Å². The average Bonchev–Trinajstić information content (AvgIpc) is 3.74. The fourth-order valence-corrected chi connectivity index (χ4v) is 8.38. The summed E-state index contributed by atoms with van der Waals surface area (Å²) in [6.07, 6.45) is 26.9. The fraction of sp³-hybridized carbons (Fsp3) is 0.776. The number of nitrogens with two attached hydrogens (primary N) is 1. The fourth-order valence-electron chi connectivity index (χ4n) is 7.60. The SMILES string of the molecule is CCCCCc1cc(C)c(CCCCCCCCCCCCC(=O)OCC(COP(=O)(O)OCC(N)C(=O)O)OC(=O)CCCCCCCCCCc2oc(CCC)c(C)c2C)o1. The van der Waals surface area contributed by atoms with Crippen LogP contribution in [0.5, 0.6) is 0 Å². The Kier molecular flexibility index (Phi) is 29.9. The lowest BCUT2D eigenvalue weighted by Gasteiger charge is -2.20. The summed E-state index contributed by atoms with van der Waals surface area (Å²) in [5, 5.41) is 8.93. The zero-order chi connectivity index (χ0) is 46.3. The van der Waals surface area contributed by atoms with Crippen LogP contribution in [-0.2, 0) is 63.2 Å². The summed E-state index contributed by atoms with van der Waals surface area (Å²) < 4.78 is 45.1. The second-order valence-electron chi connectivity index (χ2n) is 17.4. The van der Waals surface area contributed by atoms with Crippen LogP contribution >= 0.6 is 7.82 Å². The summed E-state index contributed by atoms with van der Waals surface area (Å²) in [5.41, 5.74) is 9.22. The van der Waals surface area contributed by atoms with Gasteiger partial charge in [-0.05, 0) is 82.1 Å². The van der Waals surface area contributed by atoms with Gasteiger partial charge < -0.3 is 34.0 Å². The van der Waals surface area contributed by atoms with Gasteiger partial charge in [0.15, 0.2) is 6.10 Å². The Morgan fingerprint density at radius 2 is 1.08 bits per heavy atom. The second-order valence-corrected chi connectivity index (χ2v) is 18.8. The van der Waals surface area contributed by atoms with Gasteiger partial charge in [-0.2, -0.15) is 0 Å². The molecule has 0 amide bonds. The Morgan fingerprint density at radius 3 is 1.62 bits per heavy atom. The van der Waals surface area contributed by atoms with Crippen molar-refractivity contribution in [1.29, 1.82) is 0 Å². The van der Waals surface area contributed by atoms with Crippen LogP contribution in [0.4, 0.5) is 0 Å². The van der Waals surface area contributed by atoms with Crippen LogP contribution in [0.1, 0.15) is 208 Å². The number of ether oxygens (including phenoxy) is 2. The Balaban J connectivity index is 1.60. The molecule has 13 nitrogen and oxygen atoms in total. The number of unbranched alkanes of at least 4 members (excludes halogenated alkanes) is 18. The van der Waals surface area contributed by atoms with Crippen LogP contribution in [0.25, 0.3) is 0 Å². The number of carboxylic acid groups (broad SMARTS) is 1. The molecule has 3 atom stereocenters. The Morgan fingerprint density at radius 1 is 0.603 bits per heavy atom. The first-order valence-electron chi connectivity index (χ1n) is 24.4. The monoisotopic (exact) mass is 910 g/mol. The number of hydrogen-bond acceptors (Lipinski definition) is 11. The maximum Gasteiger partial charge on any atom is 0.472 e. The molecule has 0 aromatic carbocycles.